The molecule has 0 aliphatic heterocycles. The molecule has 0 bridgehead atoms. The zero-order valence-corrected chi connectivity index (χ0v) is 12.3. The quantitative estimate of drug-likeness (QED) is 0.542. The van der Waals surface area contributed by atoms with Gasteiger partial charge in [0.05, 0.1) is 17.3 Å². The van der Waals surface area contributed by atoms with E-state index in [2.05, 4.69) is 30.4 Å². The molecule has 0 spiro atoms. The molecular weight excluding hydrogens is 290 g/mol. The summed E-state index contributed by atoms with van der Waals surface area (Å²) in [5, 5.41) is 8.65. The molecule has 0 aliphatic rings. The number of nitrogens with one attached hydrogen (secondary N) is 2. The minimum Gasteiger partial charge on any atom is -0.372 e. The molecule has 3 rings (SSSR count). The number of fused-ring (bicyclic) bond motifs is 1. The van der Waals surface area contributed by atoms with Crippen molar-refractivity contribution in [2.45, 2.75) is 10.9 Å². The average molecular weight is 303 g/mol. The van der Waals surface area contributed by atoms with E-state index in [0.29, 0.717) is 16.7 Å². The van der Waals surface area contributed by atoms with Crippen LogP contribution in [-0.2, 0) is 12.8 Å². The van der Waals surface area contributed by atoms with Crippen molar-refractivity contribution < 1.29 is 0 Å². The first-order chi connectivity index (χ1) is 10.2. The highest BCUT2D eigenvalue weighted by Gasteiger charge is 2.11. The van der Waals surface area contributed by atoms with Gasteiger partial charge in [-0.15, -0.1) is 0 Å². The van der Waals surface area contributed by atoms with E-state index in [1.54, 1.807) is 10.9 Å². The maximum Gasteiger partial charge on any atom is 0.251 e. The Balaban J connectivity index is 1.90. The molecule has 21 heavy (non-hydrogen) atoms. The second-order valence-electron chi connectivity index (χ2n) is 4.27. The van der Waals surface area contributed by atoms with E-state index in [-0.39, 0.29) is 5.56 Å². The van der Waals surface area contributed by atoms with Gasteiger partial charge in [-0.2, -0.15) is 5.10 Å². The Hall–Kier alpha value is -2.42. The van der Waals surface area contributed by atoms with E-state index in [9.17, 15) is 4.79 Å². The smallest absolute Gasteiger partial charge is 0.251 e. The van der Waals surface area contributed by atoms with Gasteiger partial charge < -0.3 is 10.3 Å². The molecule has 8 nitrogen and oxygen atoms in total. The van der Waals surface area contributed by atoms with Crippen LogP contribution >= 0.6 is 11.8 Å². The molecule has 0 fully saturated rings. The minimum atomic E-state index is -0.175. The zero-order chi connectivity index (χ0) is 14.8. The van der Waals surface area contributed by atoms with Crippen LogP contribution in [0.25, 0.3) is 11.0 Å². The lowest BCUT2D eigenvalue weighted by molar-refractivity contribution is 0.782. The van der Waals surface area contributed by atoms with Crippen LogP contribution in [-0.4, -0.2) is 36.8 Å². The van der Waals surface area contributed by atoms with Gasteiger partial charge in [0.1, 0.15) is 11.6 Å². The number of hydrogen-bond acceptors (Lipinski definition) is 7. The Morgan fingerprint density at radius 1 is 1.43 bits per heavy atom. The summed E-state index contributed by atoms with van der Waals surface area (Å²) in [4.78, 5) is 26.9. The van der Waals surface area contributed by atoms with Gasteiger partial charge in [0.25, 0.3) is 5.56 Å². The SMILES string of the molecule is CNc1nc(CSc2nccc(=O)[nH]2)nc2c1cnn2C. The van der Waals surface area contributed by atoms with Gasteiger partial charge in [-0.3, -0.25) is 9.48 Å². The van der Waals surface area contributed by atoms with E-state index >= 15 is 0 Å². The normalized spacial score (nSPS) is 11.0. The molecule has 0 saturated carbocycles. The Morgan fingerprint density at radius 2 is 2.29 bits per heavy atom. The van der Waals surface area contributed by atoms with Gasteiger partial charge in [-0.25, -0.2) is 15.0 Å². The molecule has 0 aliphatic carbocycles. The molecule has 0 saturated heterocycles. The molecule has 3 aromatic rings. The van der Waals surface area contributed by atoms with Gasteiger partial charge in [-0.05, 0) is 0 Å². The van der Waals surface area contributed by atoms with Crippen molar-refractivity contribution >= 4 is 28.6 Å². The molecule has 0 atom stereocenters. The highest BCUT2D eigenvalue weighted by molar-refractivity contribution is 7.98. The second kappa shape index (κ2) is 5.52. The molecule has 0 radical (unpaired) electrons. The molecule has 0 amide bonds. The molecule has 0 unspecified atom stereocenters. The van der Waals surface area contributed by atoms with Crippen molar-refractivity contribution in [3.05, 3.63) is 34.6 Å². The number of aromatic amines is 1. The van der Waals surface area contributed by atoms with Crippen LogP contribution in [0.3, 0.4) is 0 Å². The summed E-state index contributed by atoms with van der Waals surface area (Å²) in [7, 11) is 3.64. The summed E-state index contributed by atoms with van der Waals surface area (Å²) in [6.07, 6.45) is 3.21. The third kappa shape index (κ3) is 2.72. The lowest BCUT2D eigenvalue weighted by Gasteiger charge is -2.05. The van der Waals surface area contributed by atoms with Crippen molar-refractivity contribution in [1.82, 2.24) is 29.7 Å². The summed E-state index contributed by atoms with van der Waals surface area (Å²) in [5.41, 5.74) is 0.589. The number of hydrogen-bond donors (Lipinski definition) is 2. The van der Waals surface area contributed by atoms with Gasteiger partial charge in [-0.1, -0.05) is 11.8 Å². The fraction of sp³-hybridized carbons (Fsp3) is 0.250. The summed E-state index contributed by atoms with van der Waals surface area (Å²) < 4.78 is 1.70. The number of thioether (sulfide) groups is 1. The molecule has 0 aromatic carbocycles. The maximum absolute atomic E-state index is 11.2. The van der Waals surface area contributed by atoms with E-state index in [4.69, 9.17) is 0 Å². The Bertz CT molecular complexity index is 841. The van der Waals surface area contributed by atoms with Crippen LogP contribution in [0.4, 0.5) is 5.82 Å². The highest BCUT2D eigenvalue weighted by atomic mass is 32.2. The Labute approximate surface area is 124 Å². The fourth-order valence-electron chi connectivity index (χ4n) is 1.88. The van der Waals surface area contributed by atoms with Crippen molar-refractivity contribution in [2.75, 3.05) is 12.4 Å². The third-order valence-corrected chi connectivity index (χ3v) is 3.74. The molecule has 2 N–H and O–H groups in total. The molecular formula is C12H13N7OS. The molecule has 108 valence electrons. The minimum absolute atomic E-state index is 0.175. The fourth-order valence-corrected chi connectivity index (χ4v) is 2.58. The van der Waals surface area contributed by atoms with E-state index in [0.717, 1.165) is 16.9 Å². The standard InChI is InChI=1S/C12H13N7OS/c1-13-10-7-5-15-19(2)11(7)17-8(16-10)6-21-12-14-4-3-9(20)18-12/h3-5H,6H2,1-2H3,(H,13,16,17)(H,14,18,20). The predicted molar refractivity (Wildman–Crippen MR) is 80.3 cm³/mol. The molecule has 9 heteroatoms. The Morgan fingerprint density at radius 3 is 3.05 bits per heavy atom. The van der Waals surface area contributed by atoms with Crippen molar-refractivity contribution in [3.63, 3.8) is 0 Å². The topological polar surface area (TPSA) is 101 Å². The Kier molecular flexibility index (Phi) is 3.57. The largest absolute Gasteiger partial charge is 0.372 e. The highest BCUT2D eigenvalue weighted by Crippen LogP contribution is 2.22. The number of anilines is 1. The lowest BCUT2D eigenvalue weighted by Crippen LogP contribution is -2.06. The van der Waals surface area contributed by atoms with Crippen LogP contribution in [0.5, 0.6) is 0 Å². The van der Waals surface area contributed by atoms with Gasteiger partial charge in [0, 0.05) is 26.4 Å². The number of rotatable bonds is 4. The van der Waals surface area contributed by atoms with E-state index in [1.165, 1.54) is 24.0 Å². The van der Waals surface area contributed by atoms with Crippen molar-refractivity contribution in [1.29, 1.82) is 0 Å². The van der Waals surface area contributed by atoms with Crippen LogP contribution in [0.2, 0.25) is 0 Å². The number of aryl methyl sites for hydroxylation is 1. The number of aromatic nitrogens is 6. The first-order valence-corrected chi connectivity index (χ1v) is 7.20. The molecule has 3 heterocycles. The monoisotopic (exact) mass is 303 g/mol. The van der Waals surface area contributed by atoms with Crippen LogP contribution < -0.4 is 10.9 Å². The van der Waals surface area contributed by atoms with Gasteiger partial charge in [0.15, 0.2) is 10.8 Å². The second-order valence-corrected chi connectivity index (χ2v) is 5.24. The van der Waals surface area contributed by atoms with E-state index < -0.39 is 0 Å². The zero-order valence-electron chi connectivity index (χ0n) is 11.5. The molecule has 3 aromatic heterocycles. The summed E-state index contributed by atoms with van der Waals surface area (Å²) in [6, 6.07) is 1.38. The van der Waals surface area contributed by atoms with E-state index in [1.807, 2.05) is 14.1 Å². The summed E-state index contributed by atoms with van der Waals surface area (Å²) in [5.74, 6) is 1.88. The van der Waals surface area contributed by atoms with Gasteiger partial charge >= 0.3 is 0 Å². The first kappa shape index (κ1) is 13.6. The first-order valence-electron chi connectivity index (χ1n) is 6.22. The predicted octanol–water partition coefficient (Wildman–Crippen LogP) is 0.781. The van der Waals surface area contributed by atoms with Crippen molar-refractivity contribution in [3.8, 4) is 0 Å². The average Bonchev–Trinajstić information content (AvgIpc) is 2.86. The lowest BCUT2D eigenvalue weighted by atomic mass is 10.4. The third-order valence-electron chi connectivity index (χ3n) is 2.86. The summed E-state index contributed by atoms with van der Waals surface area (Å²) in [6.45, 7) is 0. The van der Waals surface area contributed by atoms with Gasteiger partial charge in [0.2, 0.25) is 0 Å². The van der Waals surface area contributed by atoms with Crippen LogP contribution in [0.1, 0.15) is 5.82 Å². The van der Waals surface area contributed by atoms with Crippen molar-refractivity contribution in [2.24, 2.45) is 7.05 Å². The van der Waals surface area contributed by atoms with Crippen LogP contribution in [0.15, 0.2) is 28.4 Å². The number of H-pyrrole nitrogens is 1. The maximum atomic E-state index is 11.2. The number of nitrogens with zero attached hydrogens (tertiary/aromatic N) is 5. The summed E-state index contributed by atoms with van der Waals surface area (Å²) >= 11 is 1.37. The van der Waals surface area contributed by atoms with Crippen LogP contribution in [0, 0.1) is 0 Å².